The Hall–Kier alpha value is -1.74. The fourth-order valence-electron chi connectivity index (χ4n) is 1.56. The normalized spacial score (nSPS) is 12.6. The topological polar surface area (TPSA) is 46.0 Å². The molecule has 1 atom stereocenters. The van der Waals surface area contributed by atoms with Crippen LogP contribution in [0.25, 0.3) is 11.0 Å². The molecule has 2 aromatic rings. The van der Waals surface area contributed by atoms with Crippen LogP contribution >= 0.6 is 0 Å². The second-order valence-electron chi connectivity index (χ2n) is 3.67. The summed E-state index contributed by atoms with van der Waals surface area (Å²) < 4.78 is 0. The first kappa shape index (κ1) is 10.8. The average molecular weight is 214 g/mol. The molecule has 1 N–H and O–H groups in total. The zero-order chi connectivity index (χ0) is 11.4. The van der Waals surface area contributed by atoms with Crippen molar-refractivity contribution in [2.24, 2.45) is 0 Å². The van der Waals surface area contributed by atoms with Gasteiger partial charge >= 0.3 is 0 Å². The fourth-order valence-corrected chi connectivity index (χ4v) is 1.56. The van der Waals surface area contributed by atoms with Crippen LogP contribution in [0.4, 0.5) is 0 Å². The lowest BCUT2D eigenvalue weighted by molar-refractivity contribution is 0.164. The van der Waals surface area contributed by atoms with Gasteiger partial charge in [0.15, 0.2) is 0 Å². The van der Waals surface area contributed by atoms with Gasteiger partial charge in [0.25, 0.3) is 0 Å². The van der Waals surface area contributed by atoms with Crippen LogP contribution < -0.4 is 0 Å². The van der Waals surface area contributed by atoms with Crippen LogP contribution in [0.3, 0.4) is 0 Å². The lowest BCUT2D eigenvalue weighted by atomic mass is 10.1. The van der Waals surface area contributed by atoms with E-state index < -0.39 is 6.10 Å². The van der Waals surface area contributed by atoms with E-state index in [4.69, 9.17) is 0 Å². The molecule has 0 fully saturated rings. The Labute approximate surface area is 94.5 Å². The Kier molecular flexibility index (Phi) is 3.27. The average Bonchev–Trinajstić information content (AvgIpc) is 2.35. The van der Waals surface area contributed by atoms with Crippen molar-refractivity contribution in [3.05, 3.63) is 48.8 Å². The number of para-hydroxylation sites is 2. The van der Waals surface area contributed by atoms with Crippen molar-refractivity contribution in [1.82, 2.24) is 9.97 Å². The summed E-state index contributed by atoms with van der Waals surface area (Å²) in [7, 11) is 0. The Morgan fingerprint density at radius 3 is 2.81 bits per heavy atom. The summed E-state index contributed by atoms with van der Waals surface area (Å²) in [5.41, 5.74) is 2.29. The molecule has 0 aliphatic heterocycles. The smallest absolute Gasteiger partial charge is 0.0978 e. The van der Waals surface area contributed by atoms with Crippen molar-refractivity contribution in [1.29, 1.82) is 0 Å². The van der Waals surface area contributed by atoms with Crippen LogP contribution in [0.15, 0.2) is 43.1 Å². The molecule has 0 radical (unpaired) electrons. The molecule has 0 aliphatic rings. The van der Waals surface area contributed by atoms with Gasteiger partial charge in [0.05, 0.1) is 29.0 Å². The lowest BCUT2D eigenvalue weighted by Crippen LogP contribution is -2.01. The first-order valence-electron chi connectivity index (χ1n) is 5.32. The number of hydrogen-bond acceptors (Lipinski definition) is 3. The van der Waals surface area contributed by atoms with Crippen molar-refractivity contribution >= 4 is 11.0 Å². The van der Waals surface area contributed by atoms with Gasteiger partial charge in [-0.05, 0) is 25.0 Å². The molecule has 82 valence electrons. The second kappa shape index (κ2) is 4.86. The van der Waals surface area contributed by atoms with E-state index in [0.717, 1.165) is 17.5 Å². The summed E-state index contributed by atoms with van der Waals surface area (Å²) >= 11 is 0. The SMILES string of the molecule is C=CCCC(O)c1cnc2ccccc2n1. The van der Waals surface area contributed by atoms with Crippen LogP contribution in [0.5, 0.6) is 0 Å². The Morgan fingerprint density at radius 2 is 2.06 bits per heavy atom. The number of nitrogens with zero attached hydrogens (tertiary/aromatic N) is 2. The predicted octanol–water partition coefficient (Wildman–Crippen LogP) is 2.63. The van der Waals surface area contributed by atoms with Crippen molar-refractivity contribution in [2.45, 2.75) is 18.9 Å². The minimum atomic E-state index is -0.560. The van der Waals surface area contributed by atoms with Crippen LogP contribution in [-0.2, 0) is 0 Å². The third-order valence-corrected chi connectivity index (χ3v) is 2.45. The molecular formula is C13H14N2O. The molecule has 1 aromatic carbocycles. The molecule has 0 bridgehead atoms. The van der Waals surface area contributed by atoms with Crippen LogP contribution in [0, 0.1) is 0 Å². The fraction of sp³-hybridized carbons (Fsp3) is 0.231. The van der Waals surface area contributed by atoms with Crippen molar-refractivity contribution in [3.8, 4) is 0 Å². The van der Waals surface area contributed by atoms with Gasteiger partial charge < -0.3 is 5.11 Å². The maximum atomic E-state index is 9.86. The number of aliphatic hydroxyl groups is 1. The van der Waals surface area contributed by atoms with Gasteiger partial charge in [-0.1, -0.05) is 18.2 Å². The minimum Gasteiger partial charge on any atom is -0.387 e. The monoisotopic (exact) mass is 214 g/mol. The molecule has 1 aromatic heterocycles. The van der Waals surface area contributed by atoms with Crippen LogP contribution in [-0.4, -0.2) is 15.1 Å². The highest BCUT2D eigenvalue weighted by Gasteiger charge is 2.09. The summed E-state index contributed by atoms with van der Waals surface area (Å²) in [6.45, 7) is 3.63. The second-order valence-corrected chi connectivity index (χ2v) is 3.67. The molecule has 3 heteroatoms. The van der Waals surface area contributed by atoms with Gasteiger partial charge in [-0.2, -0.15) is 0 Å². The number of aromatic nitrogens is 2. The maximum Gasteiger partial charge on any atom is 0.0978 e. The first-order chi connectivity index (χ1) is 7.81. The Balaban J connectivity index is 2.28. The van der Waals surface area contributed by atoms with E-state index in [2.05, 4.69) is 16.5 Å². The number of rotatable bonds is 4. The maximum absolute atomic E-state index is 9.86. The Morgan fingerprint density at radius 1 is 1.31 bits per heavy atom. The highest BCUT2D eigenvalue weighted by Crippen LogP contribution is 2.18. The number of fused-ring (bicyclic) bond motifs is 1. The number of benzene rings is 1. The van der Waals surface area contributed by atoms with Crippen LogP contribution in [0.2, 0.25) is 0 Å². The first-order valence-corrected chi connectivity index (χ1v) is 5.32. The molecule has 1 heterocycles. The molecule has 0 aliphatic carbocycles. The third-order valence-electron chi connectivity index (χ3n) is 2.45. The molecule has 3 nitrogen and oxygen atoms in total. The van der Waals surface area contributed by atoms with E-state index >= 15 is 0 Å². The van der Waals surface area contributed by atoms with Crippen LogP contribution in [0.1, 0.15) is 24.6 Å². The number of aliphatic hydroxyl groups excluding tert-OH is 1. The summed E-state index contributed by atoms with van der Waals surface area (Å²) in [6.07, 6.45) is 4.27. The summed E-state index contributed by atoms with van der Waals surface area (Å²) in [6, 6.07) is 7.63. The van der Waals surface area contributed by atoms with E-state index in [1.165, 1.54) is 0 Å². The largest absolute Gasteiger partial charge is 0.387 e. The van der Waals surface area contributed by atoms with E-state index in [1.54, 1.807) is 12.3 Å². The van der Waals surface area contributed by atoms with Gasteiger partial charge in [-0.25, -0.2) is 4.98 Å². The molecule has 16 heavy (non-hydrogen) atoms. The zero-order valence-corrected chi connectivity index (χ0v) is 9.00. The lowest BCUT2D eigenvalue weighted by Gasteiger charge is -2.08. The minimum absolute atomic E-state index is 0.560. The van der Waals surface area contributed by atoms with Crippen molar-refractivity contribution < 1.29 is 5.11 Å². The summed E-state index contributed by atoms with van der Waals surface area (Å²) in [5.74, 6) is 0. The number of allylic oxidation sites excluding steroid dienone is 1. The third kappa shape index (κ3) is 2.25. The highest BCUT2D eigenvalue weighted by molar-refractivity contribution is 5.73. The van der Waals surface area contributed by atoms with Crippen molar-refractivity contribution in [3.63, 3.8) is 0 Å². The Bertz CT molecular complexity index is 496. The zero-order valence-electron chi connectivity index (χ0n) is 9.00. The van der Waals surface area contributed by atoms with Gasteiger partial charge in [-0.15, -0.1) is 6.58 Å². The van der Waals surface area contributed by atoms with Gasteiger partial charge in [-0.3, -0.25) is 4.98 Å². The van der Waals surface area contributed by atoms with Gasteiger partial charge in [0.1, 0.15) is 0 Å². The van der Waals surface area contributed by atoms with Crippen molar-refractivity contribution in [2.75, 3.05) is 0 Å². The summed E-state index contributed by atoms with van der Waals surface area (Å²) in [4.78, 5) is 8.64. The molecular weight excluding hydrogens is 200 g/mol. The molecule has 1 unspecified atom stereocenters. The van der Waals surface area contributed by atoms with Gasteiger partial charge in [0.2, 0.25) is 0 Å². The van der Waals surface area contributed by atoms with E-state index in [0.29, 0.717) is 12.1 Å². The quantitative estimate of drug-likeness (QED) is 0.796. The summed E-state index contributed by atoms with van der Waals surface area (Å²) in [5, 5.41) is 9.86. The van der Waals surface area contributed by atoms with E-state index in [1.807, 2.05) is 24.3 Å². The molecule has 2 rings (SSSR count). The van der Waals surface area contributed by atoms with Gasteiger partial charge in [0, 0.05) is 0 Å². The molecule has 0 amide bonds. The predicted molar refractivity (Wildman–Crippen MR) is 63.9 cm³/mol. The standard InChI is InChI=1S/C13H14N2O/c1-2-3-8-13(16)12-9-14-10-6-4-5-7-11(10)15-12/h2,4-7,9,13,16H,1,3,8H2. The molecule has 0 saturated heterocycles. The molecule has 0 saturated carbocycles. The molecule has 0 spiro atoms. The van der Waals surface area contributed by atoms with E-state index in [-0.39, 0.29) is 0 Å². The highest BCUT2D eigenvalue weighted by atomic mass is 16.3. The number of hydrogen-bond donors (Lipinski definition) is 1. The van der Waals surface area contributed by atoms with E-state index in [9.17, 15) is 5.11 Å².